The summed E-state index contributed by atoms with van der Waals surface area (Å²) in [4.78, 5) is 22.9. The molecule has 2 saturated heterocycles. The molecule has 0 saturated carbocycles. The lowest BCUT2D eigenvalue weighted by Gasteiger charge is -2.50. The molecule has 0 spiro atoms. The van der Waals surface area contributed by atoms with E-state index in [1.807, 2.05) is 34.1 Å². The first-order valence-corrected chi connectivity index (χ1v) is 13.1. The van der Waals surface area contributed by atoms with Gasteiger partial charge in [0, 0.05) is 63.3 Å². The number of anilines is 3. The van der Waals surface area contributed by atoms with Gasteiger partial charge in [-0.15, -0.1) is 0 Å². The Balaban J connectivity index is 1.24. The molecule has 192 valence electrons. The van der Waals surface area contributed by atoms with Gasteiger partial charge in [-0.1, -0.05) is 36.4 Å². The number of methoxy groups -OCH3 is 1. The summed E-state index contributed by atoms with van der Waals surface area (Å²) in [5.74, 6) is 0.712. The predicted octanol–water partition coefficient (Wildman–Crippen LogP) is 4.05. The Hall–Kier alpha value is -3.74. The summed E-state index contributed by atoms with van der Waals surface area (Å²) >= 11 is 0. The van der Waals surface area contributed by atoms with Crippen LogP contribution in [0.5, 0.6) is 5.75 Å². The van der Waals surface area contributed by atoms with Gasteiger partial charge >= 0.3 is 0 Å². The largest absolute Gasteiger partial charge is 0.497 e. The van der Waals surface area contributed by atoms with Crippen molar-refractivity contribution in [3.63, 3.8) is 0 Å². The topological polar surface area (TPSA) is 39.3 Å². The number of para-hydroxylation sites is 2. The maximum absolute atomic E-state index is 14.3. The normalized spacial score (nSPS) is 21.4. The van der Waals surface area contributed by atoms with Crippen molar-refractivity contribution in [1.29, 1.82) is 0 Å². The molecule has 0 unspecified atom stereocenters. The van der Waals surface area contributed by atoms with Gasteiger partial charge in [-0.25, -0.2) is 4.39 Å². The van der Waals surface area contributed by atoms with E-state index in [0.717, 1.165) is 31.8 Å². The second-order valence-electron chi connectivity index (χ2n) is 10.1. The molecule has 6 rings (SSSR count). The highest BCUT2D eigenvalue weighted by Crippen LogP contribution is 2.39. The Morgan fingerprint density at radius 2 is 1.57 bits per heavy atom. The Morgan fingerprint density at radius 1 is 0.838 bits per heavy atom. The predicted molar refractivity (Wildman–Crippen MR) is 145 cm³/mol. The number of rotatable bonds is 4. The zero-order valence-corrected chi connectivity index (χ0v) is 21.2. The van der Waals surface area contributed by atoms with Crippen LogP contribution in [0.1, 0.15) is 5.56 Å². The van der Waals surface area contributed by atoms with E-state index < -0.39 is 0 Å². The average molecular weight is 501 g/mol. The monoisotopic (exact) mass is 500 g/mol. The highest BCUT2D eigenvalue weighted by atomic mass is 19.1. The fourth-order valence-electron chi connectivity index (χ4n) is 6.17. The summed E-state index contributed by atoms with van der Waals surface area (Å²) in [5.41, 5.74) is 4.20. The maximum Gasteiger partial charge on any atom is 0.228 e. The molecule has 3 aliphatic heterocycles. The number of fused-ring (bicyclic) bond motifs is 3. The van der Waals surface area contributed by atoms with Crippen LogP contribution in [0.4, 0.5) is 21.5 Å². The van der Waals surface area contributed by atoms with Crippen LogP contribution >= 0.6 is 0 Å². The molecule has 37 heavy (non-hydrogen) atoms. The van der Waals surface area contributed by atoms with Gasteiger partial charge in [-0.05, 0) is 42.3 Å². The molecule has 1 amide bonds. The zero-order chi connectivity index (χ0) is 25.4. The molecule has 2 atom stereocenters. The summed E-state index contributed by atoms with van der Waals surface area (Å²) in [7, 11) is 1.70. The van der Waals surface area contributed by atoms with Crippen LogP contribution in [0.15, 0.2) is 72.8 Å². The quantitative estimate of drug-likeness (QED) is 0.541. The molecule has 0 N–H and O–H groups in total. The summed E-state index contributed by atoms with van der Waals surface area (Å²) in [6, 6.07) is 23.7. The third-order valence-corrected chi connectivity index (χ3v) is 8.15. The minimum atomic E-state index is -0.208. The molecular formula is C30H33FN4O2. The van der Waals surface area contributed by atoms with Crippen LogP contribution in [0, 0.1) is 11.7 Å². The summed E-state index contributed by atoms with van der Waals surface area (Å²) in [6.45, 7) is 5.04. The standard InChI is InChI=1S/C30H33FN4O2/c1-37-24-12-11-22-19-25(30(36)33-15-13-32(14-16-33)27-10-6-5-9-26(27)31)29-21-34(23-7-3-2-4-8-23)17-18-35(29)28(22)20-24/h2-12,20,25,29H,13-19,21H2,1H3/t25-,29+/m0/s1. The number of nitrogens with zero attached hydrogens (tertiary/aromatic N) is 4. The number of halogens is 1. The van der Waals surface area contributed by atoms with E-state index in [1.54, 1.807) is 13.2 Å². The summed E-state index contributed by atoms with van der Waals surface area (Å²) in [6.07, 6.45) is 0.718. The first-order chi connectivity index (χ1) is 18.1. The number of benzene rings is 3. The Morgan fingerprint density at radius 3 is 2.32 bits per heavy atom. The van der Waals surface area contributed by atoms with Crippen molar-refractivity contribution < 1.29 is 13.9 Å². The Labute approximate surface area is 217 Å². The van der Waals surface area contributed by atoms with Gasteiger partial charge in [-0.3, -0.25) is 4.79 Å². The van der Waals surface area contributed by atoms with Crippen molar-refractivity contribution in [3.8, 4) is 5.75 Å². The van der Waals surface area contributed by atoms with Crippen LogP contribution in [-0.4, -0.2) is 69.8 Å². The van der Waals surface area contributed by atoms with Crippen LogP contribution < -0.4 is 19.4 Å². The first-order valence-electron chi connectivity index (χ1n) is 13.1. The molecule has 0 bridgehead atoms. The molecular weight excluding hydrogens is 467 g/mol. The molecule has 0 aromatic heterocycles. The third kappa shape index (κ3) is 4.47. The van der Waals surface area contributed by atoms with Gasteiger partial charge in [0.2, 0.25) is 5.91 Å². The fraction of sp³-hybridized carbons (Fsp3) is 0.367. The average Bonchev–Trinajstić information content (AvgIpc) is 2.96. The highest BCUT2D eigenvalue weighted by molar-refractivity contribution is 5.83. The number of hydrogen-bond acceptors (Lipinski definition) is 5. The molecule has 3 heterocycles. The van der Waals surface area contributed by atoms with Crippen LogP contribution in [0.2, 0.25) is 0 Å². The van der Waals surface area contributed by atoms with Crippen LogP contribution in [0.3, 0.4) is 0 Å². The lowest BCUT2D eigenvalue weighted by Crippen LogP contribution is -2.62. The molecule has 3 aliphatic rings. The van der Waals surface area contributed by atoms with Gasteiger partial charge < -0.3 is 24.3 Å². The molecule has 3 aromatic rings. The fourth-order valence-corrected chi connectivity index (χ4v) is 6.17. The van der Waals surface area contributed by atoms with Crippen molar-refractivity contribution in [2.45, 2.75) is 12.5 Å². The molecule has 7 heteroatoms. The lowest BCUT2D eigenvalue weighted by molar-refractivity contribution is -0.136. The van der Waals surface area contributed by atoms with E-state index >= 15 is 0 Å². The summed E-state index contributed by atoms with van der Waals surface area (Å²) < 4.78 is 19.9. The number of piperazine rings is 2. The lowest BCUT2D eigenvalue weighted by atomic mass is 9.82. The van der Waals surface area contributed by atoms with Gasteiger partial charge in [0.05, 0.1) is 24.8 Å². The van der Waals surface area contributed by atoms with E-state index in [4.69, 9.17) is 4.74 Å². The third-order valence-electron chi connectivity index (χ3n) is 8.15. The summed E-state index contributed by atoms with van der Waals surface area (Å²) in [5, 5.41) is 0. The number of carbonyl (C=O) groups is 1. The first kappa shape index (κ1) is 23.6. The SMILES string of the molecule is COc1ccc2c(c1)N1CCN(c3ccccc3)C[C@@H]1[C@@H](C(=O)N1CCN(c3ccccc3F)CC1)C2. The number of carbonyl (C=O) groups excluding carboxylic acids is 1. The van der Waals surface area contributed by atoms with Crippen molar-refractivity contribution in [3.05, 3.63) is 84.2 Å². The maximum atomic E-state index is 14.3. The Bertz CT molecular complexity index is 1260. The smallest absolute Gasteiger partial charge is 0.228 e. The van der Waals surface area contributed by atoms with Crippen molar-refractivity contribution >= 4 is 23.0 Å². The zero-order valence-electron chi connectivity index (χ0n) is 21.2. The van der Waals surface area contributed by atoms with Crippen molar-refractivity contribution in [2.24, 2.45) is 5.92 Å². The van der Waals surface area contributed by atoms with Crippen LogP contribution in [-0.2, 0) is 11.2 Å². The van der Waals surface area contributed by atoms with E-state index in [9.17, 15) is 9.18 Å². The second-order valence-corrected chi connectivity index (χ2v) is 10.1. The molecule has 0 radical (unpaired) electrons. The van der Waals surface area contributed by atoms with Gasteiger partial charge in [0.1, 0.15) is 11.6 Å². The van der Waals surface area contributed by atoms with Gasteiger partial charge in [-0.2, -0.15) is 0 Å². The second kappa shape index (κ2) is 9.96. The van der Waals surface area contributed by atoms with Gasteiger partial charge in [0.25, 0.3) is 0 Å². The molecule has 3 aromatic carbocycles. The van der Waals surface area contributed by atoms with Crippen molar-refractivity contribution in [1.82, 2.24) is 4.90 Å². The van der Waals surface area contributed by atoms with Gasteiger partial charge in [0.15, 0.2) is 0 Å². The van der Waals surface area contributed by atoms with E-state index in [2.05, 4.69) is 46.2 Å². The minimum Gasteiger partial charge on any atom is -0.497 e. The number of ether oxygens (including phenoxy) is 1. The van der Waals surface area contributed by atoms with E-state index in [-0.39, 0.29) is 23.7 Å². The minimum absolute atomic E-state index is 0.0747. The van der Waals surface area contributed by atoms with E-state index in [0.29, 0.717) is 31.9 Å². The van der Waals surface area contributed by atoms with Crippen molar-refractivity contribution in [2.75, 3.05) is 67.6 Å². The van der Waals surface area contributed by atoms with E-state index in [1.165, 1.54) is 23.0 Å². The molecule has 6 nitrogen and oxygen atoms in total. The highest BCUT2D eigenvalue weighted by Gasteiger charge is 2.43. The number of amides is 1. The van der Waals surface area contributed by atoms with Crippen LogP contribution in [0.25, 0.3) is 0 Å². The molecule has 2 fully saturated rings. The molecule has 0 aliphatic carbocycles. The Kier molecular flexibility index (Phi) is 6.37. The number of hydrogen-bond donors (Lipinski definition) is 0.